The van der Waals surface area contributed by atoms with Crippen molar-refractivity contribution in [1.29, 1.82) is 0 Å². The van der Waals surface area contributed by atoms with Crippen molar-refractivity contribution in [2.24, 2.45) is 0 Å². The minimum Gasteiger partial charge on any atom is -0.421 e. The molecule has 0 aliphatic heterocycles. The zero-order valence-electron chi connectivity index (χ0n) is 16.4. The summed E-state index contributed by atoms with van der Waals surface area (Å²) in [5.41, 5.74) is 0.935. The summed E-state index contributed by atoms with van der Waals surface area (Å²) in [6, 6.07) is 27.3. The van der Waals surface area contributed by atoms with Gasteiger partial charge in [-0.3, -0.25) is 4.79 Å². The number of rotatable bonds is 4. The fourth-order valence-electron chi connectivity index (χ4n) is 3.76. The number of pyridine rings is 1. The number of benzene rings is 3. The quantitative estimate of drug-likeness (QED) is 0.334. The molecule has 0 saturated heterocycles. The lowest BCUT2D eigenvalue weighted by Crippen LogP contribution is -2.24. The van der Waals surface area contributed by atoms with Crippen LogP contribution >= 0.6 is 0 Å². The monoisotopic (exact) mass is 428 g/mol. The van der Waals surface area contributed by atoms with Gasteiger partial charge in [0, 0.05) is 5.39 Å². The van der Waals surface area contributed by atoms with Crippen LogP contribution in [0.4, 0.5) is 0 Å². The number of aromatic nitrogens is 1. The fraction of sp³-hybridized carbons (Fsp3) is 0.0400. The van der Waals surface area contributed by atoms with Crippen molar-refractivity contribution in [3.05, 3.63) is 117 Å². The van der Waals surface area contributed by atoms with Crippen molar-refractivity contribution in [3.8, 4) is 0 Å². The lowest BCUT2D eigenvalue weighted by atomic mass is 10.1. The Morgan fingerprint density at radius 3 is 2.23 bits per heavy atom. The molecule has 2 aromatic heterocycles. The molecule has 0 amide bonds. The first kappa shape index (κ1) is 19.4. The van der Waals surface area contributed by atoms with E-state index in [0.29, 0.717) is 22.3 Å². The molecule has 0 saturated carbocycles. The van der Waals surface area contributed by atoms with Crippen molar-refractivity contribution in [2.75, 3.05) is 0 Å². The van der Waals surface area contributed by atoms with Gasteiger partial charge in [0.05, 0.1) is 18.1 Å². The summed E-state index contributed by atoms with van der Waals surface area (Å²) in [6.45, 7) is 0.360. The third kappa shape index (κ3) is 3.46. The summed E-state index contributed by atoms with van der Waals surface area (Å²) in [4.78, 5) is 27.0. The Morgan fingerprint density at radius 2 is 1.48 bits per heavy atom. The molecular weight excluding hydrogens is 410 g/mol. The minimum atomic E-state index is -1.46. The molecule has 31 heavy (non-hydrogen) atoms. The lowest BCUT2D eigenvalue weighted by Gasteiger charge is -2.13. The van der Waals surface area contributed by atoms with Crippen LogP contribution in [-0.2, 0) is 17.7 Å². The van der Waals surface area contributed by atoms with Crippen molar-refractivity contribution < 1.29 is 8.97 Å². The third-order valence-electron chi connectivity index (χ3n) is 5.18. The zero-order valence-corrected chi connectivity index (χ0v) is 17.2. The van der Waals surface area contributed by atoms with Gasteiger partial charge in [-0.1, -0.05) is 60.7 Å². The number of fused-ring (bicyclic) bond motifs is 3. The highest BCUT2D eigenvalue weighted by Gasteiger charge is 2.31. The van der Waals surface area contributed by atoms with Crippen LogP contribution in [0.1, 0.15) is 5.56 Å². The number of hydrogen-bond donors (Lipinski definition) is 1. The van der Waals surface area contributed by atoms with E-state index in [-0.39, 0.29) is 21.4 Å². The van der Waals surface area contributed by atoms with Crippen LogP contribution in [0.15, 0.2) is 115 Å². The van der Waals surface area contributed by atoms with E-state index < -0.39 is 16.8 Å². The average molecular weight is 428 g/mol. The van der Waals surface area contributed by atoms with Crippen molar-refractivity contribution in [3.63, 3.8) is 0 Å². The van der Waals surface area contributed by atoms with E-state index in [9.17, 15) is 14.1 Å². The second-order valence-electron chi connectivity index (χ2n) is 7.13. The summed E-state index contributed by atoms with van der Waals surface area (Å²) >= 11 is -1.46. The van der Waals surface area contributed by atoms with Gasteiger partial charge in [-0.2, -0.15) is 4.55 Å². The Kier molecular flexibility index (Phi) is 4.94. The Balaban J connectivity index is 1.86. The molecule has 5 aromatic rings. The van der Waals surface area contributed by atoms with Gasteiger partial charge in [-0.05, 0) is 29.8 Å². The van der Waals surface area contributed by atoms with Gasteiger partial charge in [0.15, 0.2) is 10.5 Å². The van der Waals surface area contributed by atoms with E-state index in [1.165, 1.54) is 6.07 Å². The highest BCUT2D eigenvalue weighted by molar-refractivity contribution is 7.91. The van der Waals surface area contributed by atoms with Crippen LogP contribution in [0, 0.1) is 0 Å². The topological polar surface area (TPSA) is 72.4 Å². The standard InChI is InChI=1S/C25H18NO4S/c27-22-15-21(31(29)18-11-5-2-6-12-18)23-24(30-22)19-13-7-8-14-20(19)26(25(23)28)16-17-9-3-1-4-10-17/h1-15,29H,16H2/q+1. The molecule has 3 aromatic carbocycles. The van der Waals surface area contributed by atoms with E-state index in [1.807, 2.05) is 72.8 Å². The van der Waals surface area contributed by atoms with Crippen LogP contribution < -0.4 is 11.2 Å². The summed E-state index contributed by atoms with van der Waals surface area (Å²) in [5.74, 6) is 0. The number of para-hydroxylation sites is 1. The highest BCUT2D eigenvalue weighted by Crippen LogP contribution is 2.29. The second-order valence-corrected chi connectivity index (χ2v) is 8.61. The molecule has 5 rings (SSSR count). The first-order valence-corrected chi connectivity index (χ1v) is 10.9. The molecule has 0 spiro atoms. The van der Waals surface area contributed by atoms with Crippen molar-refractivity contribution >= 4 is 33.0 Å². The van der Waals surface area contributed by atoms with Gasteiger partial charge in [0.2, 0.25) is 16.1 Å². The average Bonchev–Trinajstić information content (AvgIpc) is 2.82. The molecule has 152 valence electrons. The van der Waals surface area contributed by atoms with Gasteiger partial charge in [0.1, 0.15) is 5.39 Å². The van der Waals surface area contributed by atoms with E-state index in [4.69, 9.17) is 4.42 Å². The summed E-state index contributed by atoms with van der Waals surface area (Å²) in [7, 11) is 0. The molecular formula is C25H18NO4S+. The van der Waals surface area contributed by atoms with Crippen molar-refractivity contribution in [1.82, 2.24) is 4.57 Å². The molecule has 6 heteroatoms. The summed E-state index contributed by atoms with van der Waals surface area (Å²) in [6.07, 6.45) is 0. The Labute approximate surface area is 180 Å². The SMILES string of the molecule is O=c1cc([S+](O)c2ccccc2)c2c(=O)n(Cc3ccccc3)c3ccccc3c2o1. The van der Waals surface area contributed by atoms with E-state index in [2.05, 4.69) is 0 Å². The Bertz CT molecular complexity index is 1510. The summed E-state index contributed by atoms with van der Waals surface area (Å²) in [5, 5.41) is 0.876. The molecule has 1 atom stereocenters. The van der Waals surface area contributed by atoms with Gasteiger partial charge in [0.25, 0.3) is 5.56 Å². The van der Waals surface area contributed by atoms with Crippen LogP contribution in [0.5, 0.6) is 0 Å². The minimum absolute atomic E-state index is 0.204. The molecule has 0 bridgehead atoms. The fourth-order valence-corrected chi connectivity index (χ4v) is 5.01. The Morgan fingerprint density at radius 1 is 0.839 bits per heavy atom. The smallest absolute Gasteiger partial charge is 0.341 e. The molecule has 2 heterocycles. The zero-order chi connectivity index (χ0) is 21.4. The summed E-state index contributed by atoms with van der Waals surface area (Å²) < 4.78 is 18.3. The van der Waals surface area contributed by atoms with Crippen LogP contribution in [0.25, 0.3) is 21.9 Å². The van der Waals surface area contributed by atoms with Crippen molar-refractivity contribution in [2.45, 2.75) is 16.3 Å². The predicted molar refractivity (Wildman–Crippen MR) is 123 cm³/mol. The first-order chi connectivity index (χ1) is 15.1. The van der Waals surface area contributed by atoms with Gasteiger partial charge in [-0.15, -0.1) is 0 Å². The van der Waals surface area contributed by atoms with Gasteiger partial charge < -0.3 is 8.98 Å². The van der Waals surface area contributed by atoms with Crippen LogP contribution in [0.2, 0.25) is 0 Å². The molecule has 5 nitrogen and oxygen atoms in total. The first-order valence-electron chi connectivity index (χ1n) is 9.75. The molecule has 0 aliphatic carbocycles. The third-order valence-corrected chi connectivity index (χ3v) is 6.64. The highest BCUT2D eigenvalue weighted by atomic mass is 32.2. The van der Waals surface area contributed by atoms with Crippen LogP contribution in [0.3, 0.4) is 0 Å². The molecule has 0 fully saturated rings. The molecule has 1 N–H and O–H groups in total. The lowest BCUT2D eigenvalue weighted by molar-refractivity contribution is 0.556. The maximum absolute atomic E-state index is 13.7. The number of hydrogen-bond acceptors (Lipinski definition) is 4. The van der Waals surface area contributed by atoms with E-state index in [0.717, 1.165) is 5.56 Å². The van der Waals surface area contributed by atoms with Crippen LogP contribution in [-0.4, -0.2) is 9.12 Å². The maximum atomic E-state index is 13.7. The molecule has 0 aliphatic rings. The number of nitrogens with zero attached hydrogens (tertiary/aromatic N) is 1. The van der Waals surface area contributed by atoms with Gasteiger partial charge >= 0.3 is 5.63 Å². The maximum Gasteiger partial charge on any atom is 0.341 e. The second kappa shape index (κ2) is 7.91. The van der Waals surface area contributed by atoms with E-state index in [1.54, 1.807) is 16.7 Å². The molecule has 1 unspecified atom stereocenters. The Hall–Kier alpha value is -3.61. The predicted octanol–water partition coefficient (Wildman–Crippen LogP) is 4.67. The normalized spacial score (nSPS) is 12.3. The van der Waals surface area contributed by atoms with Gasteiger partial charge in [-0.25, -0.2) is 4.79 Å². The molecule has 0 radical (unpaired) electrons. The largest absolute Gasteiger partial charge is 0.421 e. The van der Waals surface area contributed by atoms with E-state index >= 15 is 0 Å².